The Labute approximate surface area is 104 Å². The molecule has 2 rings (SSSR count). The Morgan fingerprint density at radius 3 is 2.69 bits per heavy atom. The zero-order valence-electron chi connectivity index (χ0n) is 8.99. The second-order valence-corrected chi connectivity index (χ2v) is 4.70. The molecule has 0 saturated carbocycles. The molecule has 0 radical (unpaired) electrons. The number of ether oxygens (including phenoxy) is 1. The second-order valence-electron chi connectivity index (χ2n) is 3.79. The highest BCUT2D eigenvalue weighted by molar-refractivity contribution is 9.10. The van der Waals surface area contributed by atoms with Crippen molar-refractivity contribution in [2.45, 2.75) is 12.8 Å². The summed E-state index contributed by atoms with van der Waals surface area (Å²) < 4.78 is 6.59. The molecule has 1 amide bonds. The van der Waals surface area contributed by atoms with Crippen molar-refractivity contribution in [3.05, 3.63) is 28.7 Å². The molecule has 1 aromatic rings. The van der Waals surface area contributed by atoms with Gasteiger partial charge >= 0.3 is 0 Å². The molecule has 1 heterocycles. The predicted octanol–water partition coefficient (Wildman–Crippen LogP) is 2.45. The third-order valence-electron chi connectivity index (χ3n) is 2.61. The van der Waals surface area contributed by atoms with Crippen LogP contribution in [0.5, 0.6) is 5.75 Å². The van der Waals surface area contributed by atoms with E-state index >= 15 is 0 Å². The molecular weight excluding hydrogens is 270 g/mol. The summed E-state index contributed by atoms with van der Waals surface area (Å²) in [5.74, 6) is 1.09. The van der Waals surface area contributed by atoms with E-state index in [0.29, 0.717) is 19.6 Å². The Balaban J connectivity index is 1.75. The van der Waals surface area contributed by atoms with Crippen molar-refractivity contribution >= 4 is 21.8 Å². The number of carbonyl (C=O) groups excluding carboxylic acids is 1. The number of benzene rings is 1. The van der Waals surface area contributed by atoms with E-state index in [9.17, 15) is 4.79 Å². The van der Waals surface area contributed by atoms with Gasteiger partial charge < -0.3 is 9.64 Å². The fourth-order valence-corrected chi connectivity index (χ4v) is 2.01. The minimum atomic E-state index is 0.249. The van der Waals surface area contributed by atoms with E-state index < -0.39 is 0 Å². The Kier molecular flexibility index (Phi) is 3.83. The molecule has 0 aliphatic carbocycles. The maximum absolute atomic E-state index is 11.3. The topological polar surface area (TPSA) is 29.5 Å². The lowest BCUT2D eigenvalue weighted by Gasteiger charge is -2.15. The van der Waals surface area contributed by atoms with Gasteiger partial charge in [-0.15, -0.1) is 0 Å². The van der Waals surface area contributed by atoms with Gasteiger partial charge in [0.15, 0.2) is 0 Å². The average Bonchev–Trinajstić information content (AvgIpc) is 2.68. The van der Waals surface area contributed by atoms with Crippen molar-refractivity contribution in [1.29, 1.82) is 0 Å². The summed E-state index contributed by atoms with van der Waals surface area (Å²) in [7, 11) is 0. The van der Waals surface area contributed by atoms with Gasteiger partial charge in [0.05, 0.1) is 6.54 Å². The number of amides is 1. The first-order chi connectivity index (χ1) is 7.75. The second kappa shape index (κ2) is 5.34. The molecule has 1 saturated heterocycles. The van der Waals surface area contributed by atoms with Gasteiger partial charge in [0.1, 0.15) is 12.4 Å². The van der Waals surface area contributed by atoms with Gasteiger partial charge in [0, 0.05) is 17.4 Å². The van der Waals surface area contributed by atoms with Gasteiger partial charge in [-0.2, -0.15) is 0 Å². The Morgan fingerprint density at radius 1 is 1.31 bits per heavy atom. The predicted molar refractivity (Wildman–Crippen MR) is 65.5 cm³/mol. The van der Waals surface area contributed by atoms with Crippen molar-refractivity contribution in [2.24, 2.45) is 0 Å². The van der Waals surface area contributed by atoms with E-state index in [4.69, 9.17) is 4.74 Å². The highest BCUT2D eigenvalue weighted by atomic mass is 79.9. The molecule has 0 N–H and O–H groups in total. The van der Waals surface area contributed by atoms with Gasteiger partial charge in [-0.1, -0.05) is 15.9 Å². The summed E-state index contributed by atoms with van der Waals surface area (Å²) in [6, 6.07) is 7.71. The molecule has 1 aliphatic rings. The quantitative estimate of drug-likeness (QED) is 0.850. The lowest BCUT2D eigenvalue weighted by atomic mass is 10.3. The molecule has 0 atom stereocenters. The number of hydrogen-bond donors (Lipinski definition) is 0. The highest BCUT2D eigenvalue weighted by Gasteiger charge is 2.19. The Morgan fingerprint density at radius 2 is 2.06 bits per heavy atom. The molecule has 4 heteroatoms. The van der Waals surface area contributed by atoms with Crippen LogP contribution in [-0.4, -0.2) is 30.5 Å². The molecular formula is C12H14BrNO2. The largest absolute Gasteiger partial charge is 0.492 e. The molecule has 1 aliphatic heterocycles. The van der Waals surface area contributed by atoms with Crippen LogP contribution in [0.15, 0.2) is 28.7 Å². The number of hydrogen-bond acceptors (Lipinski definition) is 2. The Hall–Kier alpha value is -1.03. The molecule has 0 spiro atoms. The summed E-state index contributed by atoms with van der Waals surface area (Å²) >= 11 is 3.37. The molecule has 1 fully saturated rings. The van der Waals surface area contributed by atoms with Crippen molar-refractivity contribution in [3.8, 4) is 5.75 Å². The van der Waals surface area contributed by atoms with Crippen LogP contribution in [0.3, 0.4) is 0 Å². The van der Waals surface area contributed by atoms with Gasteiger partial charge in [-0.25, -0.2) is 0 Å². The van der Waals surface area contributed by atoms with Crippen LogP contribution in [0.1, 0.15) is 12.8 Å². The molecule has 0 bridgehead atoms. The maximum atomic E-state index is 11.3. The third-order valence-corrected chi connectivity index (χ3v) is 3.14. The number of nitrogens with zero attached hydrogens (tertiary/aromatic N) is 1. The minimum absolute atomic E-state index is 0.249. The molecule has 1 aromatic carbocycles. The van der Waals surface area contributed by atoms with Crippen LogP contribution in [-0.2, 0) is 4.79 Å². The van der Waals surface area contributed by atoms with E-state index in [1.54, 1.807) is 0 Å². The van der Waals surface area contributed by atoms with Crippen LogP contribution < -0.4 is 4.74 Å². The first-order valence-corrected chi connectivity index (χ1v) is 6.21. The van der Waals surface area contributed by atoms with E-state index in [1.165, 1.54) is 0 Å². The fourth-order valence-electron chi connectivity index (χ4n) is 1.74. The van der Waals surface area contributed by atoms with Crippen molar-refractivity contribution in [2.75, 3.05) is 19.7 Å². The summed E-state index contributed by atoms with van der Waals surface area (Å²) in [6.07, 6.45) is 1.68. The summed E-state index contributed by atoms with van der Waals surface area (Å²) in [6.45, 7) is 2.13. The number of rotatable bonds is 4. The molecule has 0 aromatic heterocycles. The van der Waals surface area contributed by atoms with E-state index in [2.05, 4.69) is 15.9 Å². The van der Waals surface area contributed by atoms with Gasteiger partial charge in [0.25, 0.3) is 0 Å². The van der Waals surface area contributed by atoms with Crippen molar-refractivity contribution < 1.29 is 9.53 Å². The average molecular weight is 284 g/mol. The van der Waals surface area contributed by atoms with Crippen LogP contribution in [0.25, 0.3) is 0 Å². The summed E-state index contributed by atoms with van der Waals surface area (Å²) in [5, 5.41) is 0. The number of carbonyl (C=O) groups is 1. The van der Waals surface area contributed by atoms with E-state index in [0.717, 1.165) is 23.2 Å². The van der Waals surface area contributed by atoms with Crippen LogP contribution in [0.2, 0.25) is 0 Å². The van der Waals surface area contributed by atoms with Gasteiger partial charge in [0.2, 0.25) is 5.91 Å². The number of halogens is 1. The van der Waals surface area contributed by atoms with E-state index in [1.807, 2.05) is 29.2 Å². The number of likely N-dealkylation sites (tertiary alicyclic amines) is 1. The zero-order chi connectivity index (χ0) is 11.4. The third kappa shape index (κ3) is 2.98. The highest BCUT2D eigenvalue weighted by Crippen LogP contribution is 2.16. The smallest absolute Gasteiger partial charge is 0.222 e. The fraction of sp³-hybridized carbons (Fsp3) is 0.417. The van der Waals surface area contributed by atoms with E-state index in [-0.39, 0.29) is 5.91 Å². The molecule has 86 valence electrons. The van der Waals surface area contributed by atoms with Crippen molar-refractivity contribution in [1.82, 2.24) is 4.90 Å². The van der Waals surface area contributed by atoms with Crippen LogP contribution in [0.4, 0.5) is 0 Å². The van der Waals surface area contributed by atoms with Gasteiger partial charge in [-0.05, 0) is 30.7 Å². The maximum Gasteiger partial charge on any atom is 0.222 e. The zero-order valence-corrected chi connectivity index (χ0v) is 10.6. The normalized spacial score (nSPS) is 15.6. The molecule has 3 nitrogen and oxygen atoms in total. The lowest BCUT2D eigenvalue weighted by Crippen LogP contribution is -2.29. The Bertz CT molecular complexity index is 364. The van der Waals surface area contributed by atoms with Gasteiger partial charge in [-0.3, -0.25) is 4.79 Å². The lowest BCUT2D eigenvalue weighted by molar-refractivity contribution is -0.128. The van der Waals surface area contributed by atoms with Crippen molar-refractivity contribution in [3.63, 3.8) is 0 Å². The van der Waals surface area contributed by atoms with Crippen LogP contribution >= 0.6 is 15.9 Å². The minimum Gasteiger partial charge on any atom is -0.492 e. The SMILES string of the molecule is O=C1CCCN1CCOc1ccc(Br)cc1. The molecule has 0 unspecified atom stereocenters. The monoisotopic (exact) mass is 283 g/mol. The molecule has 16 heavy (non-hydrogen) atoms. The van der Waals surface area contributed by atoms with Crippen LogP contribution in [0, 0.1) is 0 Å². The standard InChI is InChI=1S/C12H14BrNO2/c13-10-3-5-11(6-4-10)16-9-8-14-7-1-2-12(14)15/h3-6H,1-2,7-9H2. The first kappa shape index (κ1) is 11.5. The first-order valence-electron chi connectivity index (χ1n) is 5.42. The summed E-state index contributed by atoms with van der Waals surface area (Å²) in [5.41, 5.74) is 0. The summed E-state index contributed by atoms with van der Waals surface area (Å²) in [4.78, 5) is 13.2.